The minimum absolute atomic E-state index is 0.211. The first-order valence-electron chi connectivity index (χ1n) is 8.19. The van der Waals surface area contributed by atoms with Crippen molar-refractivity contribution in [3.05, 3.63) is 70.8 Å². The van der Waals surface area contributed by atoms with Gasteiger partial charge in [0.1, 0.15) is 0 Å². The van der Waals surface area contributed by atoms with E-state index < -0.39 is 12.1 Å². The van der Waals surface area contributed by atoms with Gasteiger partial charge in [-0.3, -0.25) is 4.79 Å². The van der Waals surface area contributed by atoms with Gasteiger partial charge < -0.3 is 10.1 Å². The first kappa shape index (κ1) is 16.2. The third-order valence-corrected chi connectivity index (χ3v) is 4.31. The highest BCUT2D eigenvalue weighted by atomic mass is 16.5. The Balaban J connectivity index is 1.84. The Kier molecular flexibility index (Phi) is 4.65. The Hall–Kier alpha value is -2.62. The van der Waals surface area contributed by atoms with Crippen molar-refractivity contribution in [2.45, 2.75) is 38.8 Å². The Morgan fingerprint density at radius 1 is 1.04 bits per heavy atom. The maximum atomic E-state index is 12.6. The molecule has 1 N–H and O–H groups in total. The Morgan fingerprint density at radius 2 is 1.75 bits per heavy atom. The molecule has 4 nitrogen and oxygen atoms in total. The molecule has 1 atom stereocenters. The molecular weight excluding hydrogens is 302 g/mol. The third-order valence-electron chi connectivity index (χ3n) is 4.31. The lowest BCUT2D eigenvalue weighted by molar-refractivity contribution is -0.130. The van der Waals surface area contributed by atoms with Crippen molar-refractivity contribution in [2.24, 2.45) is 0 Å². The highest BCUT2D eigenvalue weighted by molar-refractivity contribution is 5.94. The molecule has 0 aliphatic heterocycles. The van der Waals surface area contributed by atoms with E-state index in [9.17, 15) is 9.59 Å². The summed E-state index contributed by atoms with van der Waals surface area (Å²) in [6.45, 7) is 3.83. The molecule has 0 bridgehead atoms. The monoisotopic (exact) mass is 323 g/mol. The minimum atomic E-state index is -0.931. The number of nitrogens with one attached hydrogen (secondary N) is 1. The molecule has 3 rings (SSSR count). The van der Waals surface area contributed by atoms with Crippen LogP contribution in [0.4, 0.5) is 0 Å². The van der Waals surface area contributed by atoms with Crippen LogP contribution in [0, 0.1) is 13.8 Å². The van der Waals surface area contributed by atoms with Crippen molar-refractivity contribution in [3.63, 3.8) is 0 Å². The molecule has 2 aromatic carbocycles. The summed E-state index contributed by atoms with van der Waals surface area (Å²) in [5.74, 6) is -0.738. The summed E-state index contributed by atoms with van der Waals surface area (Å²) in [4.78, 5) is 25.1. The van der Waals surface area contributed by atoms with Crippen LogP contribution in [0.5, 0.6) is 0 Å². The zero-order valence-corrected chi connectivity index (χ0v) is 13.9. The van der Waals surface area contributed by atoms with Crippen LogP contribution in [0.1, 0.15) is 46.0 Å². The number of esters is 1. The second kappa shape index (κ2) is 6.87. The van der Waals surface area contributed by atoms with Gasteiger partial charge in [0.05, 0.1) is 5.56 Å². The summed E-state index contributed by atoms with van der Waals surface area (Å²) in [7, 11) is 0. The van der Waals surface area contributed by atoms with Crippen LogP contribution < -0.4 is 5.32 Å². The molecule has 1 saturated carbocycles. The van der Waals surface area contributed by atoms with Gasteiger partial charge >= 0.3 is 5.97 Å². The van der Waals surface area contributed by atoms with E-state index in [0.717, 1.165) is 24.0 Å². The molecule has 0 radical (unpaired) electrons. The standard InChI is InChI=1S/C20H21NO3/c1-13-7-6-10-17(14(13)2)20(23)24-18(15-8-4-3-5-9-15)19(22)21-16-11-12-16/h3-10,16,18H,11-12H2,1-2H3,(H,21,22). The Morgan fingerprint density at radius 3 is 2.42 bits per heavy atom. The van der Waals surface area contributed by atoms with E-state index in [0.29, 0.717) is 11.1 Å². The topological polar surface area (TPSA) is 55.4 Å². The lowest BCUT2D eigenvalue weighted by atomic mass is 10.0. The van der Waals surface area contributed by atoms with Gasteiger partial charge in [-0.25, -0.2) is 4.79 Å². The number of carbonyl (C=O) groups is 2. The van der Waals surface area contributed by atoms with Gasteiger partial charge in [0.15, 0.2) is 0 Å². The molecule has 1 unspecified atom stereocenters. The molecule has 1 amide bonds. The van der Waals surface area contributed by atoms with Gasteiger partial charge in [-0.05, 0) is 43.9 Å². The highest BCUT2D eigenvalue weighted by Crippen LogP contribution is 2.25. The average molecular weight is 323 g/mol. The summed E-state index contributed by atoms with van der Waals surface area (Å²) >= 11 is 0. The number of amides is 1. The molecule has 1 aliphatic carbocycles. The largest absolute Gasteiger partial charge is 0.444 e. The number of hydrogen-bond donors (Lipinski definition) is 1. The van der Waals surface area contributed by atoms with E-state index >= 15 is 0 Å². The fourth-order valence-electron chi connectivity index (χ4n) is 2.55. The van der Waals surface area contributed by atoms with Crippen LogP contribution in [-0.4, -0.2) is 17.9 Å². The quantitative estimate of drug-likeness (QED) is 0.857. The van der Waals surface area contributed by atoms with E-state index in [1.807, 2.05) is 44.2 Å². The van der Waals surface area contributed by atoms with Crippen molar-refractivity contribution in [3.8, 4) is 0 Å². The molecule has 0 aromatic heterocycles. The second-order valence-electron chi connectivity index (χ2n) is 6.23. The van der Waals surface area contributed by atoms with E-state index in [2.05, 4.69) is 5.32 Å². The van der Waals surface area contributed by atoms with Gasteiger partial charge in [0.2, 0.25) is 6.10 Å². The van der Waals surface area contributed by atoms with Crippen LogP contribution in [-0.2, 0) is 9.53 Å². The van der Waals surface area contributed by atoms with Gasteiger partial charge in [-0.2, -0.15) is 0 Å². The summed E-state index contributed by atoms with van der Waals surface area (Å²) in [5.41, 5.74) is 3.06. The van der Waals surface area contributed by atoms with Crippen LogP contribution in [0.25, 0.3) is 0 Å². The highest BCUT2D eigenvalue weighted by Gasteiger charge is 2.31. The average Bonchev–Trinajstić information content (AvgIpc) is 3.39. The van der Waals surface area contributed by atoms with E-state index in [4.69, 9.17) is 4.74 Å². The van der Waals surface area contributed by atoms with E-state index in [1.165, 1.54) is 0 Å². The van der Waals surface area contributed by atoms with Crippen molar-refractivity contribution >= 4 is 11.9 Å². The molecular formula is C20H21NO3. The normalized spacial score (nSPS) is 14.8. The molecule has 0 heterocycles. The number of ether oxygens (including phenoxy) is 1. The molecule has 0 saturated heterocycles. The molecule has 0 spiro atoms. The van der Waals surface area contributed by atoms with Crippen molar-refractivity contribution in [2.75, 3.05) is 0 Å². The Bertz CT molecular complexity index is 751. The predicted molar refractivity (Wildman–Crippen MR) is 91.7 cm³/mol. The molecule has 4 heteroatoms. The summed E-state index contributed by atoms with van der Waals surface area (Å²) < 4.78 is 5.60. The summed E-state index contributed by atoms with van der Waals surface area (Å²) in [6.07, 6.45) is 1.04. The molecule has 1 aliphatic rings. The summed E-state index contributed by atoms with van der Waals surface area (Å²) in [5, 5.41) is 2.92. The fourth-order valence-corrected chi connectivity index (χ4v) is 2.55. The summed E-state index contributed by atoms with van der Waals surface area (Å²) in [6, 6.07) is 14.8. The number of carbonyl (C=O) groups excluding carboxylic acids is 2. The van der Waals surface area contributed by atoms with Gasteiger partial charge in [-0.1, -0.05) is 42.5 Å². The van der Waals surface area contributed by atoms with Gasteiger partial charge in [0.25, 0.3) is 5.91 Å². The maximum Gasteiger partial charge on any atom is 0.339 e. The predicted octanol–water partition coefficient (Wildman–Crippen LogP) is 3.48. The van der Waals surface area contributed by atoms with Crippen molar-refractivity contribution < 1.29 is 14.3 Å². The van der Waals surface area contributed by atoms with Crippen LogP contribution in [0.15, 0.2) is 48.5 Å². The minimum Gasteiger partial charge on any atom is -0.444 e. The maximum absolute atomic E-state index is 12.6. The number of aryl methyl sites for hydroxylation is 1. The lowest BCUT2D eigenvalue weighted by Gasteiger charge is -2.19. The van der Waals surface area contributed by atoms with Crippen LogP contribution >= 0.6 is 0 Å². The zero-order valence-electron chi connectivity index (χ0n) is 13.9. The number of rotatable bonds is 5. The van der Waals surface area contributed by atoms with Crippen molar-refractivity contribution in [1.29, 1.82) is 0 Å². The first-order valence-corrected chi connectivity index (χ1v) is 8.19. The molecule has 2 aromatic rings. The second-order valence-corrected chi connectivity index (χ2v) is 6.23. The fraction of sp³-hybridized carbons (Fsp3) is 0.300. The Labute approximate surface area is 141 Å². The molecule has 1 fully saturated rings. The van der Waals surface area contributed by atoms with Crippen LogP contribution in [0.2, 0.25) is 0 Å². The lowest BCUT2D eigenvalue weighted by Crippen LogP contribution is -2.33. The molecule has 124 valence electrons. The smallest absolute Gasteiger partial charge is 0.339 e. The number of hydrogen-bond acceptors (Lipinski definition) is 3. The van der Waals surface area contributed by atoms with E-state index in [1.54, 1.807) is 18.2 Å². The zero-order chi connectivity index (χ0) is 17.1. The number of benzene rings is 2. The first-order chi connectivity index (χ1) is 11.6. The molecule has 24 heavy (non-hydrogen) atoms. The van der Waals surface area contributed by atoms with Gasteiger partial charge in [0, 0.05) is 11.6 Å². The van der Waals surface area contributed by atoms with Crippen LogP contribution in [0.3, 0.4) is 0 Å². The third kappa shape index (κ3) is 3.65. The van der Waals surface area contributed by atoms with Crippen molar-refractivity contribution in [1.82, 2.24) is 5.32 Å². The van der Waals surface area contributed by atoms with E-state index in [-0.39, 0.29) is 11.9 Å². The van der Waals surface area contributed by atoms with Gasteiger partial charge in [-0.15, -0.1) is 0 Å². The SMILES string of the molecule is Cc1cccc(C(=O)OC(C(=O)NC2CC2)c2ccccc2)c1C.